The van der Waals surface area contributed by atoms with Crippen LogP contribution in [0.5, 0.6) is 0 Å². The molecule has 0 amide bonds. The van der Waals surface area contributed by atoms with Gasteiger partial charge in [0.05, 0.1) is 22.1 Å². The first-order chi connectivity index (χ1) is 27.8. The van der Waals surface area contributed by atoms with E-state index in [0.717, 1.165) is 11.4 Å². The summed E-state index contributed by atoms with van der Waals surface area (Å²) in [6.45, 7) is 0. The van der Waals surface area contributed by atoms with Crippen molar-refractivity contribution in [1.82, 2.24) is 9.13 Å². The summed E-state index contributed by atoms with van der Waals surface area (Å²) in [6.07, 6.45) is 0. The van der Waals surface area contributed by atoms with Gasteiger partial charge in [-0.3, -0.25) is 0 Å². The van der Waals surface area contributed by atoms with E-state index < -0.39 is 0 Å². The van der Waals surface area contributed by atoms with Crippen LogP contribution in [0.25, 0.3) is 99.5 Å². The minimum atomic E-state index is 1.13. The van der Waals surface area contributed by atoms with Gasteiger partial charge in [0.1, 0.15) is 0 Å². The predicted octanol–water partition coefficient (Wildman–Crippen LogP) is 14.5. The maximum atomic E-state index is 2.48. The highest BCUT2D eigenvalue weighted by atomic mass is 15.0. The second-order valence-corrected chi connectivity index (χ2v) is 14.6. The molecule has 0 aliphatic heterocycles. The molecule has 2 aromatic heterocycles. The van der Waals surface area contributed by atoms with Crippen molar-refractivity contribution < 1.29 is 0 Å². The molecule has 2 heteroatoms. The first-order valence-electron chi connectivity index (χ1n) is 19.3. The number of aromatic nitrogens is 2. The van der Waals surface area contributed by atoms with Gasteiger partial charge in [0.25, 0.3) is 0 Å². The SMILES string of the molecule is c1ccc(-c2ccc(-c3cc(-c4ccc5c6ccccc6n(-c6ccccc6)c5c4)cc(-n4c5ccccc5c5cccc(-c6ccccc6)c54)c3)cc2)cc1. The molecule has 0 aliphatic carbocycles. The number of rotatable bonds is 6. The lowest BCUT2D eigenvalue weighted by Gasteiger charge is -2.16. The zero-order valence-corrected chi connectivity index (χ0v) is 30.7. The van der Waals surface area contributed by atoms with Gasteiger partial charge < -0.3 is 9.13 Å². The highest BCUT2D eigenvalue weighted by molar-refractivity contribution is 6.14. The number of hydrogen-bond donors (Lipinski definition) is 0. The Morgan fingerprint density at radius 3 is 1.41 bits per heavy atom. The summed E-state index contributed by atoms with van der Waals surface area (Å²) in [7, 11) is 0. The van der Waals surface area contributed by atoms with E-state index in [-0.39, 0.29) is 0 Å². The van der Waals surface area contributed by atoms with Crippen LogP contribution < -0.4 is 0 Å². The van der Waals surface area contributed by atoms with Gasteiger partial charge in [-0.1, -0.05) is 170 Å². The van der Waals surface area contributed by atoms with Crippen molar-refractivity contribution in [3.8, 4) is 55.9 Å². The van der Waals surface area contributed by atoms with E-state index in [1.54, 1.807) is 0 Å². The van der Waals surface area contributed by atoms with E-state index in [9.17, 15) is 0 Å². The summed E-state index contributed by atoms with van der Waals surface area (Å²) in [5.41, 5.74) is 16.6. The average Bonchev–Trinajstić information content (AvgIpc) is 3.80. The van der Waals surface area contributed by atoms with Crippen LogP contribution in [0.15, 0.2) is 218 Å². The molecule has 11 rings (SSSR count). The Balaban J connectivity index is 1.18. The third-order valence-electron chi connectivity index (χ3n) is 11.3. The van der Waals surface area contributed by atoms with Gasteiger partial charge >= 0.3 is 0 Å². The quantitative estimate of drug-likeness (QED) is 0.162. The standard InChI is InChI=1S/C54H36N2/c1-4-15-37(16-5-1)38-27-29-39(30-28-38)42-33-43(41-31-32-49-47-21-10-12-25-51(47)55(53(49)36-41)44-19-8-3-9-20-44)35-45(34-42)56-52-26-13-11-22-48(52)50-24-14-23-46(54(50)56)40-17-6-2-7-18-40/h1-36H. The van der Waals surface area contributed by atoms with Crippen LogP contribution >= 0.6 is 0 Å². The van der Waals surface area contributed by atoms with Crippen molar-refractivity contribution in [1.29, 1.82) is 0 Å². The Labute approximate surface area is 325 Å². The van der Waals surface area contributed by atoms with Crippen molar-refractivity contribution in [3.63, 3.8) is 0 Å². The molecule has 0 saturated carbocycles. The van der Waals surface area contributed by atoms with E-state index in [2.05, 4.69) is 228 Å². The fourth-order valence-corrected chi connectivity index (χ4v) is 8.70. The summed E-state index contributed by atoms with van der Waals surface area (Å²) in [6, 6.07) is 79.5. The lowest BCUT2D eigenvalue weighted by molar-refractivity contribution is 1.18. The molecule has 0 bridgehead atoms. The van der Waals surface area contributed by atoms with Crippen LogP contribution in [0.4, 0.5) is 0 Å². The minimum Gasteiger partial charge on any atom is -0.309 e. The first-order valence-corrected chi connectivity index (χ1v) is 19.3. The summed E-state index contributed by atoms with van der Waals surface area (Å²) >= 11 is 0. The molecule has 9 aromatic carbocycles. The number of benzene rings is 9. The third kappa shape index (κ3) is 5.26. The van der Waals surface area contributed by atoms with Crippen LogP contribution in [0.3, 0.4) is 0 Å². The summed E-state index contributed by atoms with van der Waals surface area (Å²) < 4.78 is 4.89. The van der Waals surface area contributed by atoms with E-state index in [1.165, 1.54) is 88.1 Å². The molecule has 0 fully saturated rings. The molecular formula is C54H36N2. The molecule has 56 heavy (non-hydrogen) atoms. The Bertz CT molecular complexity index is 3210. The maximum absolute atomic E-state index is 2.48. The normalized spacial score (nSPS) is 11.6. The summed E-state index contributed by atoms with van der Waals surface area (Å²) in [5, 5.41) is 4.99. The van der Waals surface area contributed by atoms with Crippen molar-refractivity contribution in [3.05, 3.63) is 218 Å². The second-order valence-electron chi connectivity index (χ2n) is 14.6. The summed E-state index contributed by atoms with van der Waals surface area (Å²) in [4.78, 5) is 0. The molecule has 0 N–H and O–H groups in total. The summed E-state index contributed by atoms with van der Waals surface area (Å²) in [5.74, 6) is 0. The number of fused-ring (bicyclic) bond motifs is 6. The minimum absolute atomic E-state index is 1.13. The van der Waals surface area contributed by atoms with Crippen LogP contribution in [-0.4, -0.2) is 9.13 Å². The molecule has 0 saturated heterocycles. The van der Waals surface area contributed by atoms with Crippen LogP contribution in [0.1, 0.15) is 0 Å². The highest BCUT2D eigenvalue weighted by Gasteiger charge is 2.19. The van der Waals surface area contributed by atoms with Crippen molar-refractivity contribution >= 4 is 43.6 Å². The molecule has 262 valence electrons. The monoisotopic (exact) mass is 712 g/mol. The molecule has 0 aliphatic rings. The highest BCUT2D eigenvalue weighted by Crippen LogP contribution is 2.41. The lowest BCUT2D eigenvalue weighted by atomic mass is 9.95. The van der Waals surface area contributed by atoms with Crippen LogP contribution in [-0.2, 0) is 0 Å². The van der Waals surface area contributed by atoms with Crippen LogP contribution in [0.2, 0.25) is 0 Å². The van der Waals surface area contributed by atoms with Gasteiger partial charge in [0.2, 0.25) is 0 Å². The number of para-hydroxylation sites is 4. The zero-order chi connectivity index (χ0) is 37.0. The molecule has 0 unspecified atom stereocenters. The van der Waals surface area contributed by atoms with Crippen molar-refractivity contribution in [2.45, 2.75) is 0 Å². The van der Waals surface area contributed by atoms with Gasteiger partial charge in [-0.05, 0) is 87.5 Å². The van der Waals surface area contributed by atoms with Gasteiger partial charge in [-0.25, -0.2) is 0 Å². The topological polar surface area (TPSA) is 9.86 Å². The zero-order valence-electron chi connectivity index (χ0n) is 30.7. The molecule has 2 nitrogen and oxygen atoms in total. The van der Waals surface area contributed by atoms with E-state index in [1.807, 2.05) is 0 Å². The van der Waals surface area contributed by atoms with Crippen molar-refractivity contribution in [2.24, 2.45) is 0 Å². The van der Waals surface area contributed by atoms with E-state index >= 15 is 0 Å². The molecule has 0 radical (unpaired) electrons. The van der Waals surface area contributed by atoms with Gasteiger partial charge in [-0.15, -0.1) is 0 Å². The van der Waals surface area contributed by atoms with Crippen LogP contribution in [0, 0.1) is 0 Å². The number of nitrogens with zero attached hydrogens (tertiary/aromatic N) is 2. The Morgan fingerprint density at radius 1 is 0.232 bits per heavy atom. The van der Waals surface area contributed by atoms with Gasteiger partial charge in [-0.2, -0.15) is 0 Å². The van der Waals surface area contributed by atoms with Crippen molar-refractivity contribution in [2.75, 3.05) is 0 Å². The van der Waals surface area contributed by atoms with E-state index in [0.29, 0.717) is 0 Å². The molecule has 0 atom stereocenters. The average molecular weight is 713 g/mol. The predicted molar refractivity (Wildman–Crippen MR) is 237 cm³/mol. The maximum Gasteiger partial charge on any atom is 0.0619 e. The fourth-order valence-electron chi connectivity index (χ4n) is 8.70. The first kappa shape index (κ1) is 32.0. The molecule has 11 aromatic rings. The van der Waals surface area contributed by atoms with Gasteiger partial charge in [0.15, 0.2) is 0 Å². The second kappa shape index (κ2) is 13.2. The largest absolute Gasteiger partial charge is 0.309 e. The Hall–Kier alpha value is -7.42. The smallest absolute Gasteiger partial charge is 0.0619 e. The molecular weight excluding hydrogens is 677 g/mol. The Kier molecular flexibility index (Phi) is 7.53. The lowest BCUT2D eigenvalue weighted by Crippen LogP contribution is -1.98. The third-order valence-corrected chi connectivity index (χ3v) is 11.3. The van der Waals surface area contributed by atoms with Gasteiger partial charge in [0, 0.05) is 38.5 Å². The van der Waals surface area contributed by atoms with E-state index in [4.69, 9.17) is 0 Å². The number of hydrogen-bond acceptors (Lipinski definition) is 0. The fraction of sp³-hybridized carbons (Fsp3) is 0. The Morgan fingerprint density at radius 2 is 0.714 bits per heavy atom. The molecule has 0 spiro atoms. The molecule has 2 heterocycles.